The lowest BCUT2D eigenvalue weighted by molar-refractivity contribution is 0.130. The standard InChI is InChI=1S/C13H21BrO/c14-9-13(7-11-3-4-15-8-11)6-10-1-2-12(13)5-10/h10-12H,1-9H2. The third kappa shape index (κ3) is 1.78. The highest BCUT2D eigenvalue weighted by Crippen LogP contribution is 2.59. The highest BCUT2D eigenvalue weighted by Gasteiger charge is 2.50. The summed E-state index contributed by atoms with van der Waals surface area (Å²) in [6.45, 7) is 2.04. The second-order valence-corrected chi connectivity index (χ2v) is 6.57. The van der Waals surface area contributed by atoms with Crippen LogP contribution in [0.15, 0.2) is 0 Å². The molecule has 1 saturated heterocycles. The Bertz CT molecular complexity index is 237. The topological polar surface area (TPSA) is 9.23 Å². The molecule has 2 saturated carbocycles. The monoisotopic (exact) mass is 272 g/mol. The minimum Gasteiger partial charge on any atom is -0.381 e. The predicted molar refractivity (Wildman–Crippen MR) is 65.2 cm³/mol. The summed E-state index contributed by atoms with van der Waals surface area (Å²) in [4.78, 5) is 0. The number of alkyl halides is 1. The lowest BCUT2D eigenvalue weighted by atomic mass is 9.69. The van der Waals surface area contributed by atoms with Crippen molar-refractivity contribution in [1.82, 2.24) is 0 Å². The van der Waals surface area contributed by atoms with Crippen molar-refractivity contribution in [2.75, 3.05) is 18.5 Å². The van der Waals surface area contributed by atoms with Gasteiger partial charge in [0.25, 0.3) is 0 Å². The Morgan fingerprint density at radius 3 is 2.73 bits per heavy atom. The molecular formula is C13H21BrO. The molecule has 4 atom stereocenters. The molecule has 2 heteroatoms. The van der Waals surface area contributed by atoms with Gasteiger partial charge in [0, 0.05) is 18.5 Å². The molecule has 3 rings (SSSR count). The van der Waals surface area contributed by atoms with Crippen LogP contribution < -0.4 is 0 Å². The third-order valence-electron chi connectivity index (χ3n) is 5.09. The summed E-state index contributed by atoms with van der Waals surface area (Å²) < 4.78 is 5.52. The molecule has 3 fully saturated rings. The first-order valence-electron chi connectivity index (χ1n) is 6.46. The predicted octanol–water partition coefficient (Wildman–Crippen LogP) is 3.61. The molecule has 1 aliphatic heterocycles. The van der Waals surface area contributed by atoms with Crippen molar-refractivity contribution in [2.45, 2.75) is 38.5 Å². The summed E-state index contributed by atoms with van der Waals surface area (Å²) in [6.07, 6.45) is 8.79. The van der Waals surface area contributed by atoms with Crippen molar-refractivity contribution in [3.05, 3.63) is 0 Å². The van der Waals surface area contributed by atoms with Crippen molar-refractivity contribution in [3.8, 4) is 0 Å². The first-order chi connectivity index (χ1) is 7.32. The summed E-state index contributed by atoms with van der Waals surface area (Å²) in [5.41, 5.74) is 0.654. The van der Waals surface area contributed by atoms with Crippen LogP contribution in [-0.4, -0.2) is 18.5 Å². The van der Waals surface area contributed by atoms with E-state index in [2.05, 4.69) is 15.9 Å². The summed E-state index contributed by atoms with van der Waals surface area (Å²) in [5, 5.41) is 1.23. The fourth-order valence-electron chi connectivity index (χ4n) is 4.35. The molecular weight excluding hydrogens is 252 g/mol. The van der Waals surface area contributed by atoms with Crippen LogP contribution in [0.4, 0.5) is 0 Å². The van der Waals surface area contributed by atoms with Crippen LogP contribution in [0.1, 0.15) is 38.5 Å². The van der Waals surface area contributed by atoms with Gasteiger partial charge in [0.05, 0.1) is 0 Å². The normalized spacial score (nSPS) is 49.0. The first kappa shape index (κ1) is 10.6. The summed E-state index contributed by atoms with van der Waals surface area (Å²) in [7, 11) is 0. The fourth-order valence-corrected chi connectivity index (χ4v) is 5.26. The van der Waals surface area contributed by atoms with Crippen molar-refractivity contribution in [2.24, 2.45) is 23.2 Å². The van der Waals surface area contributed by atoms with Gasteiger partial charge in [-0.05, 0) is 55.3 Å². The Morgan fingerprint density at radius 1 is 1.27 bits per heavy atom. The second kappa shape index (κ2) is 4.03. The van der Waals surface area contributed by atoms with Gasteiger partial charge in [-0.25, -0.2) is 0 Å². The van der Waals surface area contributed by atoms with E-state index in [0.717, 1.165) is 31.0 Å². The van der Waals surface area contributed by atoms with E-state index in [-0.39, 0.29) is 0 Å². The number of rotatable bonds is 3. The molecule has 0 aromatic heterocycles. The highest BCUT2D eigenvalue weighted by atomic mass is 79.9. The number of hydrogen-bond acceptors (Lipinski definition) is 1. The van der Waals surface area contributed by atoms with Gasteiger partial charge < -0.3 is 4.74 Å². The maximum Gasteiger partial charge on any atom is 0.0495 e. The van der Waals surface area contributed by atoms with E-state index in [0.29, 0.717) is 5.41 Å². The SMILES string of the molecule is BrCC1(CC2CCOC2)CC2CCC1C2. The Morgan fingerprint density at radius 2 is 2.20 bits per heavy atom. The van der Waals surface area contributed by atoms with Gasteiger partial charge in [0.15, 0.2) is 0 Å². The summed E-state index contributed by atoms with van der Waals surface area (Å²) in [6, 6.07) is 0. The molecule has 1 nitrogen and oxygen atoms in total. The van der Waals surface area contributed by atoms with E-state index >= 15 is 0 Å². The average molecular weight is 273 g/mol. The van der Waals surface area contributed by atoms with Crippen LogP contribution >= 0.6 is 15.9 Å². The summed E-state index contributed by atoms with van der Waals surface area (Å²) >= 11 is 3.80. The smallest absolute Gasteiger partial charge is 0.0495 e. The molecule has 4 unspecified atom stereocenters. The quantitative estimate of drug-likeness (QED) is 0.714. The molecule has 0 radical (unpaired) electrons. The molecule has 15 heavy (non-hydrogen) atoms. The molecule has 0 N–H and O–H groups in total. The molecule has 0 spiro atoms. The maximum absolute atomic E-state index is 5.52. The van der Waals surface area contributed by atoms with E-state index in [1.807, 2.05) is 0 Å². The molecule has 3 aliphatic rings. The molecule has 86 valence electrons. The molecule has 0 aromatic carbocycles. The van der Waals surface area contributed by atoms with Crippen LogP contribution in [0.2, 0.25) is 0 Å². The zero-order valence-electron chi connectivity index (χ0n) is 9.38. The van der Waals surface area contributed by atoms with E-state index in [4.69, 9.17) is 4.74 Å². The van der Waals surface area contributed by atoms with Crippen molar-refractivity contribution in [3.63, 3.8) is 0 Å². The van der Waals surface area contributed by atoms with Crippen LogP contribution in [0.5, 0.6) is 0 Å². The van der Waals surface area contributed by atoms with Crippen LogP contribution in [0.25, 0.3) is 0 Å². The van der Waals surface area contributed by atoms with Gasteiger partial charge in [0.2, 0.25) is 0 Å². The van der Waals surface area contributed by atoms with Crippen LogP contribution in [0.3, 0.4) is 0 Å². The van der Waals surface area contributed by atoms with Gasteiger partial charge in [-0.15, -0.1) is 0 Å². The van der Waals surface area contributed by atoms with Crippen molar-refractivity contribution < 1.29 is 4.74 Å². The first-order valence-corrected chi connectivity index (χ1v) is 7.58. The largest absolute Gasteiger partial charge is 0.381 e. The number of halogens is 1. The van der Waals surface area contributed by atoms with Gasteiger partial charge in [-0.2, -0.15) is 0 Å². The Kier molecular flexibility index (Phi) is 2.84. The number of fused-ring (bicyclic) bond motifs is 2. The van der Waals surface area contributed by atoms with E-state index in [1.165, 1.54) is 43.9 Å². The second-order valence-electron chi connectivity index (χ2n) is 6.01. The summed E-state index contributed by atoms with van der Waals surface area (Å²) in [5.74, 6) is 2.96. The Labute approximate surface area is 101 Å². The minimum atomic E-state index is 0.654. The lowest BCUT2D eigenvalue weighted by Gasteiger charge is -2.38. The fraction of sp³-hybridized carbons (Fsp3) is 1.00. The van der Waals surface area contributed by atoms with E-state index in [1.54, 1.807) is 0 Å². The zero-order valence-corrected chi connectivity index (χ0v) is 11.0. The molecule has 0 amide bonds. The zero-order chi connectivity index (χ0) is 10.3. The van der Waals surface area contributed by atoms with E-state index in [9.17, 15) is 0 Å². The number of ether oxygens (including phenoxy) is 1. The van der Waals surface area contributed by atoms with Gasteiger partial charge in [-0.1, -0.05) is 22.4 Å². The van der Waals surface area contributed by atoms with Gasteiger partial charge >= 0.3 is 0 Å². The number of hydrogen-bond donors (Lipinski definition) is 0. The van der Waals surface area contributed by atoms with Crippen molar-refractivity contribution in [1.29, 1.82) is 0 Å². The lowest BCUT2D eigenvalue weighted by Crippen LogP contribution is -2.32. The van der Waals surface area contributed by atoms with Gasteiger partial charge in [0.1, 0.15) is 0 Å². The van der Waals surface area contributed by atoms with E-state index < -0.39 is 0 Å². The molecule has 0 aromatic rings. The minimum absolute atomic E-state index is 0.654. The van der Waals surface area contributed by atoms with Crippen LogP contribution in [0, 0.1) is 23.2 Å². The van der Waals surface area contributed by atoms with Gasteiger partial charge in [-0.3, -0.25) is 0 Å². The van der Waals surface area contributed by atoms with Crippen molar-refractivity contribution >= 4 is 15.9 Å². The molecule has 2 aliphatic carbocycles. The molecule has 1 heterocycles. The molecule has 2 bridgehead atoms. The maximum atomic E-state index is 5.52. The Hall–Kier alpha value is 0.440. The highest BCUT2D eigenvalue weighted by molar-refractivity contribution is 9.09. The Balaban J connectivity index is 1.69. The van der Waals surface area contributed by atoms with Crippen LogP contribution in [-0.2, 0) is 4.74 Å². The average Bonchev–Trinajstić information content (AvgIpc) is 2.93. The third-order valence-corrected chi connectivity index (χ3v) is 6.20.